The van der Waals surface area contributed by atoms with Gasteiger partial charge in [0.1, 0.15) is 42.7 Å². The first kappa shape index (κ1) is 44.2. The summed E-state index contributed by atoms with van der Waals surface area (Å²) in [6.45, 7) is 14.4. The molecule has 0 spiro atoms. The number of hydrogen-bond donors (Lipinski definition) is 9. The summed E-state index contributed by atoms with van der Waals surface area (Å²) in [4.78, 5) is 0. The van der Waals surface area contributed by atoms with Crippen molar-refractivity contribution in [3.63, 3.8) is 0 Å². The molecule has 7 aliphatic rings. The Morgan fingerprint density at radius 2 is 1.42 bits per heavy atom. The first-order chi connectivity index (χ1) is 26.6. The molecule has 0 aromatic rings. The van der Waals surface area contributed by atoms with Crippen molar-refractivity contribution < 1.29 is 69.6 Å². The van der Waals surface area contributed by atoms with Gasteiger partial charge >= 0.3 is 0 Å². The quantitative estimate of drug-likeness (QED) is 0.125. The summed E-state index contributed by atoms with van der Waals surface area (Å²) in [5.41, 5.74) is -0.934. The molecule has 0 bridgehead atoms. The largest absolute Gasteiger partial charge is 0.396 e. The van der Waals surface area contributed by atoms with Crippen LogP contribution in [0.4, 0.5) is 0 Å². The molecule has 21 atom stereocenters. The summed E-state index contributed by atoms with van der Waals surface area (Å²) < 4.78 is 30.6. The molecule has 14 nitrogen and oxygen atoms in total. The van der Waals surface area contributed by atoms with E-state index in [1.165, 1.54) is 5.57 Å². The molecular weight excluding hydrogens is 740 g/mol. The van der Waals surface area contributed by atoms with Gasteiger partial charge < -0.3 is 69.6 Å². The lowest BCUT2D eigenvalue weighted by molar-refractivity contribution is -0.368. The van der Waals surface area contributed by atoms with Gasteiger partial charge in [0, 0.05) is 23.9 Å². The number of ether oxygens (including phenoxy) is 5. The highest BCUT2D eigenvalue weighted by atomic mass is 16.7. The highest BCUT2D eigenvalue weighted by molar-refractivity contribution is 5.37. The van der Waals surface area contributed by atoms with E-state index in [0.29, 0.717) is 12.8 Å². The average molecular weight is 813 g/mol. The molecule has 6 fully saturated rings. The van der Waals surface area contributed by atoms with Crippen molar-refractivity contribution in [2.75, 3.05) is 26.9 Å². The van der Waals surface area contributed by atoms with Gasteiger partial charge in [-0.25, -0.2) is 0 Å². The molecule has 0 unspecified atom stereocenters. The van der Waals surface area contributed by atoms with E-state index in [1.54, 1.807) is 14.0 Å². The Hall–Kier alpha value is -0.820. The molecule has 2 saturated heterocycles. The fraction of sp³-hybridized carbons (Fsp3) is 0.953. The molecule has 0 aromatic carbocycles. The minimum absolute atomic E-state index is 0.0303. The van der Waals surface area contributed by atoms with Gasteiger partial charge in [-0.2, -0.15) is 0 Å². The summed E-state index contributed by atoms with van der Waals surface area (Å²) in [5.74, 6) is 0.0264. The summed E-state index contributed by atoms with van der Waals surface area (Å²) in [5, 5.41) is 98.1. The first-order valence-corrected chi connectivity index (χ1v) is 21.4. The van der Waals surface area contributed by atoms with Crippen molar-refractivity contribution in [1.82, 2.24) is 0 Å². The van der Waals surface area contributed by atoms with Crippen LogP contribution >= 0.6 is 0 Å². The molecule has 2 aliphatic heterocycles. The van der Waals surface area contributed by atoms with Crippen LogP contribution in [-0.4, -0.2) is 153 Å². The molecule has 9 N–H and O–H groups in total. The monoisotopic (exact) mass is 812 g/mol. The molecule has 0 amide bonds. The minimum atomic E-state index is -1.74. The second-order valence-corrected chi connectivity index (χ2v) is 21.0. The van der Waals surface area contributed by atoms with Crippen molar-refractivity contribution >= 4 is 0 Å². The maximum atomic E-state index is 12.1. The van der Waals surface area contributed by atoms with Crippen molar-refractivity contribution in [3.8, 4) is 0 Å². The molecule has 5 aliphatic carbocycles. The first-order valence-electron chi connectivity index (χ1n) is 21.4. The second kappa shape index (κ2) is 15.2. The van der Waals surface area contributed by atoms with Crippen LogP contribution in [0, 0.1) is 50.2 Å². The van der Waals surface area contributed by atoms with E-state index in [4.69, 9.17) is 23.7 Å². The molecule has 7 rings (SSSR count). The normalized spacial score (nSPS) is 56.1. The number of hydrogen-bond acceptors (Lipinski definition) is 14. The van der Waals surface area contributed by atoms with Crippen molar-refractivity contribution in [2.24, 2.45) is 50.2 Å². The van der Waals surface area contributed by atoms with Crippen LogP contribution < -0.4 is 0 Å². The maximum Gasteiger partial charge on any atom is 0.187 e. The third kappa shape index (κ3) is 6.48. The Bertz CT molecular complexity index is 1490. The number of aliphatic hydroxyl groups excluding tert-OH is 9. The number of aliphatic hydroxyl groups is 9. The topological polar surface area (TPSA) is 228 Å². The molecule has 0 aromatic heterocycles. The molecule has 328 valence electrons. The highest BCUT2D eigenvalue weighted by Crippen LogP contribution is 2.76. The van der Waals surface area contributed by atoms with E-state index >= 15 is 0 Å². The van der Waals surface area contributed by atoms with Crippen LogP contribution in [0.15, 0.2) is 11.6 Å². The Morgan fingerprint density at radius 1 is 0.737 bits per heavy atom. The van der Waals surface area contributed by atoms with Crippen LogP contribution in [0.3, 0.4) is 0 Å². The molecule has 0 radical (unpaired) electrons. The average Bonchev–Trinajstić information content (AvgIpc) is 3.16. The van der Waals surface area contributed by atoms with Crippen LogP contribution in [-0.2, 0) is 23.7 Å². The van der Waals surface area contributed by atoms with E-state index < -0.39 is 91.1 Å². The zero-order chi connectivity index (χ0) is 41.8. The van der Waals surface area contributed by atoms with E-state index in [1.807, 2.05) is 6.92 Å². The molecule has 57 heavy (non-hydrogen) atoms. The third-order valence-corrected chi connectivity index (χ3v) is 17.7. The van der Waals surface area contributed by atoms with Gasteiger partial charge in [0.2, 0.25) is 0 Å². The Kier molecular flexibility index (Phi) is 11.8. The third-order valence-electron chi connectivity index (χ3n) is 17.7. The van der Waals surface area contributed by atoms with Gasteiger partial charge in [-0.15, -0.1) is 0 Å². The molecule has 14 heteroatoms. The molecule has 4 saturated carbocycles. The summed E-state index contributed by atoms with van der Waals surface area (Å²) in [6, 6.07) is 0. The number of rotatable bonds is 8. The van der Waals surface area contributed by atoms with Gasteiger partial charge in [-0.1, -0.05) is 53.2 Å². The van der Waals surface area contributed by atoms with Crippen LogP contribution in [0.5, 0.6) is 0 Å². The fourth-order valence-corrected chi connectivity index (χ4v) is 14.0. The van der Waals surface area contributed by atoms with Gasteiger partial charge in [0.25, 0.3) is 0 Å². The van der Waals surface area contributed by atoms with Crippen LogP contribution in [0.2, 0.25) is 0 Å². The van der Waals surface area contributed by atoms with Crippen molar-refractivity contribution in [2.45, 2.75) is 180 Å². The Labute approximate surface area is 337 Å². The van der Waals surface area contributed by atoms with Crippen molar-refractivity contribution in [3.05, 3.63) is 11.6 Å². The SMILES string of the molecule is CO[C@@H]1C=C2[C@H]3CC(C)(C)CC[C@]3(CO)[C@@H](O)C[C@@]2(C)[C@]2(C)CC[C@@H]3[C@](C)(CO)[C@@H](O[C@@H]4O[C@H](C)[C@H](O)[C@H](O[C@@H]5O[C@H](CO)[C@@H](O)[C@H](O)[C@H]5O)[C@H]4O)CC[C@]3(C)[C@@H]12. The smallest absolute Gasteiger partial charge is 0.187 e. The Balaban J connectivity index is 1.17. The lowest BCUT2D eigenvalue weighted by Crippen LogP contribution is -2.70. The van der Waals surface area contributed by atoms with Gasteiger partial charge in [-0.05, 0) is 91.8 Å². The minimum Gasteiger partial charge on any atom is -0.396 e. The predicted octanol–water partition coefficient (Wildman–Crippen LogP) is 1.39. The molecule has 2 heterocycles. The number of methoxy groups -OCH3 is 1. The summed E-state index contributed by atoms with van der Waals surface area (Å²) in [6.07, 6.45) is -7.49. The van der Waals surface area contributed by atoms with Gasteiger partial charge in [0.15, 0.2) is 12.6 Å². The number of fused-ring (bicyclic) bond motifs is 7. The predicted molar refractivity (Wildman–Crippen MR) is 205 cm³/mol. The van der Waals surface area contributed by atoms with Gasteiger partial charge in [-0.3, -0.25) is 0 Å². The second-order valence-electron chi connectivity index (χ2n) is 21.0. The molecular formula is C43H72O14. The zero-order valence-electron chi connectivity index (χ0n) is 35.2. The lowest BCUT2D eigenvalue weighted by atomic mass is 9.32. The van der Waals surface area contributed by atoms with Gasteiger partial charge in [0.05, 0.1) is 44.2 Å². The van der Waals surface area contributed by atoms with E-state index in [2.05, 4.69) is 40.7 Å². The van der Waals surface area contributed by atoms with E-state index in [0.717, 1.165) is 38.5 Å². The Morgan fingerprint density at radius 3 is 2.05 bits per heavy atom. The summed E-state index contributed by atoms with van der Waals surface area (Å²) in [7, 11) is 1.78. The maximum absolute atomic E-state index is 12.1. The number of allylic oxidation sites excluding steroid dienone is 1. The zero-order valence-corrected chi connectivity index (χ0v) is 35.2. The van der Waals surface area contributed by atoms with E-state index in [9.17, 15) is 46.0 Å². The van der Waals surface area contributed by atoms with Crippen LogP contribution in [0.1, 0.15) is 99.8 Å². The van der Waals surface area contributed by atoms with E-state index in [-0.39, 0.29) is 58.7 Å². The standard InChI is InChI=1S/C43H72O14/c1-21-29(48)34(57-36-32(51)31(50)30(49)25(18-44)55-36)33(52)37(54-21)56-28-10-11-39(4)26(40(28,5)19-45)9-12-41(6)35(39)24(53-8)15-22-23-16-38(2,3)13-14-43(23,20-46)27(47)17-42(22,41)7/h15,21,23-37,44-52H,9-14,16-20H2,1-8H3/t21-,23-,24-,25-,26+,27+,28+,29+,30-,31+,32-,33-,34+,35-,36+,37+,39+,40+,41-,42-,43-/m1/s1. The van der Waals surface area contributed by atoms with Crippen molar-refractivity contribution in [1.29, 1.82) is 0 Å². The summed E-state index contributed by atoms with van der Waals surface area (Å²) >= 11 is 0. The van der Waals surface area contributed by atoms with Crippen LogP contribution in [0.25, 0.3) is 0 Å². The fourth-order valence-electron chi connectivity index (χ4n) is 14.0. The highest BCUT2D eigenvalue weighted by Gasteiger charge is 2.72. The lowest BCUT2D eigenvalue weighted by Gasteiger charge is -2.73.